The average Bonchev–Trinajstić information content (AvgIpc) is 2.43. The molecule has 0 saturated carbocycles. The van der Waals surface area contributed by atoms with Crippen LogP contribution in [0.4, 0.5) is 0 Å². The standard InChI is InChI=1S/C18H18BrClO/c1-9-10(2)12(4)17(13(5)11(9)3)18(21)15-7-6-14(20)8-16(15)19/h6-8H,1-5H3. The molecule has 0 amide bonds. The molecular weight excluding hydrogens is 348 g/mol. The van der Waals surface area contributed by atoms with E-state index in [0.29, 0.717) is 10.6 Å². The fraction of sp³-hybridized carbons (Fsp3) is 0.278. The van der Waals surface area contributed by atoms with Crippen LogP contribution in [0.1, 0.15) is 43.7 Å². The Labute approximate surface area is 139 Å². The van der Waals surface area contributed by atoms with Gasteiger partial charge in [0.25, 0.3) is 0 Å². The SMILES string of the molecule is Cc1c(C)c(C)c(C(=O)c2ccc(Cl)cc2Br)c(C)c1C. The fourth-order valence-electron chi connectivity index (χ4n) is 2.65. The molecule has 3 heteroatoms. The monoisotopic (exact) mass is 364 g/mol. The van der Waals surface area contributed by atoms with E-state index in [1.54, 1.807) is 18.2 Å². The zero-order valence-corrected chi connectivity index (χ0v) is 15.2. The van der Waals surface area contributed by atoms with E-state index in [-0.39, 0.29) is 5.78 Å². The third-order valence-electron chi connectivity index (χ3n) is 4.40. The van der Waals surface area contributed by atoms with Crippen LogP contribution in [0, 0.1) is 34.6 Å². The number of rotatable bonds is 2. The Morgan fingerprint density at radius 3 is 1.86 bits per heavy atom. The summed E-state index contributed by atoms with van der Waals surface area (Å²) in [6.45, 7) is 10.3. The van der Waals surface area contributed by atoms with Crippen LogP contribution in [0.3, 0.4) is 0 Å². The summed E-state index contributed by atoms with van der Waals surface area (Å²) < 4.78 is 0.731. The second kappa shape index (κ2) is 5.94. The van der Waals surface area contributed by atoms with Crippen LogP contribution in [0.15, 0.2) is 22.7 Å². The van der Waals surface area contributed by atoms with Gasteiger partial charge in [-0.3, -0.25) is 4.79 Å². The smallest absolute Gasteiger partial charge is 0.194 e. The number of carbonyl (C=O) groups excluding carboxylic acids is 1. The molecule has 0 aliphatic heterocycles. The van der Waals surface area contributed by atoms with E-state index < -0.39 is 0 Å². The number of hydrogen-bond acceptors (Lipinski definition) is 1. The Balaban J connectivity index is 2.70. The summed E-state index contributed by atoms with van der Waals surface area (Å²) in [5, 5.41) is 0.614. The minimum atomic E-state index is 0.0414. The van der Waals surface area contributed by atoms with Gasteiger partial charge in [0, 0.05) is 20.6 Å². The van der Waals surface area contributed by atoms with E-state index in [4.69, 9.17) is 11.6 Å². The second-order valence-corrected chi connectivity index (χ2v) is 6.74. The highest BCUT2D eigenvalue weighted by Crippen LogP contribution is 2.30. The van der Waals surface area contributed by atoms with Crippen molar-refractivity contribution in [2.45, 2.75) is 34.6 Å². The van der Waals surface area contributed by atoms with Crippen LogP contribution >= 0.6 is 27.5 Å². The number of carbonyl (C=O) groups is 1. The van der Waals surface area contributed by atoms with Gasteiger partial charge in [-0.2, -0.15) is 0 Å². The van der Waals surface area contributed by atoms with E-state index in [1.165, 1.54) is 16.7 Å². The molecule has 110 valence electrons. The summed E-state index contributed by atoms with van der Waals surface area (Å²) in [7, 11) is 0. The Morgan fingerprint density at radius 1 is 0.905 bits per heavy atom. The molecule has 0 aromatic heterocycles. The molecule has 0 spiro atoms. The number of hydrogen-bond donors (Lipinski definition) is 0. The van der Waals surface area contributed by atoms with Gasteiger partial charge >= 0.3 is 0 Å². The highest BCUT2D eigenvalue weighted by atomic mass is 79.9. The third kappa shape index (κ3) is 2.79. The van der Waals surface area contributed by atoms with Crippen molar-refractivity contribution >= 4 is 33.3 Å². The van der Waals surface area contributed by atoms with Crippen molar-refractivity contribution in [1.29, 1.82) is 0 Å². The molecule has 21 heavy (non-hydrogen) atoms. The Hall–Kier alpha value is -1.12. The first-order chi connectivity index (χ1) is 9.75. The van der Waals surface area contributed by atoms with E-state index in [0.717, 1.165) is 21.2 Å². The Morgan fingerprint density at radius 2 is 1.38 bits per heavy atom. The van der Waals surface area contributed by atoms with Crippen molar-refractivity contribution in [3.05, 3.63) is 66.6 Å². The highest BCUT2D eigenvalue weighted by molar-refractivity contribution is 9.10. The number of ketones is 1. The lowest BCUT2D eigenvalue weighted by Gasteiger charge is -2.18. The van der Waals surface area contributed by atoms with Crippen LogP contribution in [0.25, 0.3) is 0 Å². The number of benzene rings is 2. The molecule has 0 bridgehead atoms. The first-order valence-electron chi connectivity index (χ1n) is 6.82. The topological polar surface area (TPSA) is 17.1 Å². The van der Waals surface area contributed by atoms with Crippen molar-refractivity contribution in [1.82, 2.24) is 0 Å². The quantitative estimate of drug-likeness (QED) is 0.608. The molecule has 0 heterocycles. The van der Waals surface area contributed by atoms with Crippen molar-refractivity contribution in [3.8, 4) is 0 Å². The highest BCUT2D eigenvalue weighted by Gasteiger charge is 2.21. The van der Waals surface area contributed by atoms with Crippen molar-refractivity contribution in [3.63, 3.8) is 0 Å². The molecule has 0 aliphatic rings. The largest absolute Gasteiger partial charge is 0.289 e. The molecule has 2 rings (SSSR count). The lowest BCUT2D eigenvalue weighted by Crippen LogP contribution is -2.11. The summed E-state index contributed by atoms with van der Waals surface area (Å²) in [6.07, 6.45) is 0. The second-order valence-electron chi connectivity index (χ2n) is 5.45. The minimum Gasteiger partial charge on any atom is -0.289 e. The zero-order valence-electron chi connectivity index (χ0n) is 12.9. The summed E-state index contributed by atoms with van der Waals surface area (Å²) in [5.41, 5.74) is 7.20. The van der Waals surface area contributed by atoms with E-state index in [9.17, 15) is 4.79 Å². The van der Waals surface area contributed by atoms with Crippen molar-refractivity contribution in [2.75, 3.05) is 0 Å². The van der Waals surface area contributed by atoms with Gasteiger partial charge in [-0.15, -0.1) is 0 Å². The number of halogens is 2. The van der Waals surface area contributed by atoms with Crippen LogP contribution in [-0.2, 0) is 0 Å². The molecule has 0 unspecified atom stereocenters. The molecule has 0 atom stereocenters. The molecule has 1 nitrogen and oxygen atoms in total. The first-order valence-corrected chi connectivity index (χ1v) is 7.99. The van der Waals surface area contributed by atoms with E-state index in [2.05, 4.69) is 36.7 Å². The summed E-state index contributed by atoms with van der Waals surface area (Å²) in [4.78, 5) is 13.0. The maximum atomic E-state index is 13.0. The van der Waals surface area contributed by atoms with Crippen molar-refractivity contribution in [2.24, 2.45) is 0 Å². The first kappa shape index (κ1) is 16.3. The lowest BCUT2D eigenvalue weighted by atomic mass is 9.86. The van der Waals surface area contributed by atoms with Gasteiger partial charge in [0.2, 0.25) is 0 Å². The lowest BCUT2D eigenvalue weighted by molar-refractivity contribution is 0.103. The predicted molar refractivity (Wildman–Crippen MR) is 92.7 cm³/mol. The molecule has 2 aromatic rings. The molecule has 0 fully saturated rings. The molecule has 0 radical (unpaired) electrons. The zero-order chi connectivity index (χ0) is 15.9. The van der Waals surface area contributed by atoms with Gasteiger partial charge in [-0.05, 0) is 96.6 Å². The van der Waals surface area contributed by atoms with Gasteiger partial charge in [-0.1, -0.05) is 11.6 Å². The molecule has 0 N–H and O–H groups in total. The van der Waals surface area contributed by atoms with Crippen LogP contribution < -0.4 is 0 Å². The minimum absolute atomic E-state index is 0.0414. The summed E-state index contributed by atoms with van der Waals surface area (Å²) >= 11 is 9.40. The average molecular weight is 366 g/mol. The van der Waals surface area contributed by atoms with Gasteiger partial charge in [0.05, 0.1) is 0 Å². The van der Waals surface area contributed by atoms with Crippen LogP contribution in [0.5, 0.6) is 0 Å². The van der Waals surface area contributed by atoms with Crippen LogP contribution in [0.2, 0.25) is 5.02 Å². The fourth-order valence-corrected chi connectivity index (χ4v) is 3.51. The maximum Gasteiger partial charge on any atom is 0.194 e. The van der Waals surface area contributed by atoms with Gasteiger partial charge in [0.1, 0.15) is 0 Å². The Bertz CT molecular complexity index is 718. The molecule has 0 aliphatic carbocycles. The van der Waals surface area contributed by atoms with Gasteiger partial charge in [0.15, 0.2) is 5.78 Å². The summed E-state index contributed by atoms with van der Waals surface area (Å²) in [5.74, 6) is 0.0414. The summed E-state index contributed by atoms with van der Waals surface area (Å²) in [6, 6.07) is 5.28. The molecular formula is C18H18BrClO. The van der Waals surface area contributed by atoms with Gasteiger partial charge < -0.3 is 0 Å². The van der Waals surface area contributed by atoms with Crippen LogP contribution in [-0.4, -0.2) is 5.78 Å². The molecule has 2 aromatic carbocycles. The molecule has 0 saturated heterocycles. The normalized spacial score (nSPS) is 10.8. The Kier molecular flexibility index (Phi) is 4.60. The van der Waals surface area contributed by atoms with E-state index in [1.807, 2.05) is 13.8 Å². The third-order valence-corrected chi connectivity index (χ3v) is 5.29. The van der Waals surface area contributed by atoms with Gasteiger partial charge in [-0.25, -0.2) is 0 Å². The van der Waals surface area contributed by atoms with E-state index >= 15 is 0 Å². The van der Waals surface area contributed by atoms with Crippen molar-refractivity contribution < 1.29 is 4.79 Å². The maximum absolute atomic E-state index is 13.0. The predicted octanol–water partition coefficient (Wildman–Crippen LogP) is 5.88.